The van der Waals surface area contributed by atoms with E-state index >= 15 is 0 Å². The van der Waals surface area contributed by atoms with Crippen LogP contribution in [0.5, 0.6) is 5.88 Å². The zero-order valence-corrected chi connectivity index (χ0v) is 14.1. The molecule has 0 saturated carbocycles. The number of nitrogens with one attached hydrogen (secondary N) is 1. The Morgan fingerprint density at radius 1 is 1.38 bits per heavy atom. The molecule has 1 atom stereocenters. The van der Waals surface area contributed by atoms with Crippen molar-refractivity contribution in [3.63, 3.8) is 0 Å². The Hall–Kier alpha value is -1.99. The van der Waals surface area contributed by atoms with Gasteiger partial charge in [0.05, 0.1) is 18.9 Å². The topological polar surface area (TPSA) is 73.3 Å². The third kappa shape index (κ3) is 3.42. The van der Waals surface area contributed by atoms with Crippen LogP contribution in [0.4, 0.5) is 5.13 Å². The summed E-state index contributed by atoms with van der Waals surface area (Å²) in [5.41, 5.74) is 1.66. The van der Waals surface area contributed by atoms with Crippen molar-refractivity contribution in [2.45, 2.75) is 38.2 Å². The van der Waals surface area contributed by atoms with Gasteiger partial charge in [-0.05, 0) is 31.7 Å². The van der Waals surface area contributed by atoms with Gasteiger partial charge in [0.1, 0.15) is 6.10 Å². The van der Waals surface area contributed by atoms with Crippen molar-refractivity contribution < 1.29 is 14.3 Å². The average Bonchev–Trinajstić information content (AvgIpc) is 3.24. The van der Waals surface area contributed by atoms with E-state index in [-0.39, 0.29) is 12.0 Å². The summed E-state index contributed by atoms with van der Waals surface area (Å²) < 4.78 is 11.0. The third-order valence-electron chi connectivity index (χ3n) is 4.24. The highest BCUT2D eigenvalue weighted by Gasteiger charge is 2.19. The number of fused-ring (bicyclic) bond motifs is 1. The van der Waals surface area contributed by atoms with Crippen LogP contribution < -0.4 is 10.1 Å². The Kier molecular flexibility index (Phi) is 4.44. The monoisotopic (exact) mass is 345 g/mol. The number of aromatic nitrogens is 2. The molecule has 1 N–H and O–H groups in total. The summed E-state index contributed by atoms with van der Waals surface area (Å²) in [6.07, 6.45) is 6.92. The largest absolute Gasteiger partial charge is 0.472 e. The van der Waals surface area contributed by atoms with E-state index in [4.69, 9.17) is 9.47 Å². The first-order chi connectivity index (χ1) is 11.8. The zero-order chi connectivity index (χ0) is 16.4. The highest BCUT2D eigenvalue weighted by atomic mass is 32.1. The Morgan fingerprint density at radius 3 is 3.12 bits per heavy atom. The van der Waals surface area contributed by atoms with Crippen molar-refractivity contribution in [1.29, 1.82) is 0 Å². The van der Waals surface area contributed by atoms with Crippen LogP contribution in [0, 0.1) is 0 Å². The number of amides is 1. The maximum absolute atomic E-state index is 12.5. The molecule has 7 heteroatoms. The molecule has 0 bridgehead atoms. The molecule has 126 valence electrons. The summed E-state index contributed by atoms with van der Waals surface area (Å²) in [5.74, 6) is 0.271. The van der Waals surface area contributed by atoms with E-state index in [9.17, 15) is 4.79 Å². The van der Waals surface area contributed by atoms with Crippen molar-refractivity contribution in [3.8, 4) is 5.88 Å². The molecule has 0 spiro atoms. The number of nitrogens with zero attached hydrogens (tertiary/aromatic N) is 2. The number of anilines is 1. The lowest BCUT2D eigenvalue weighted by molar-refractivity contribution is 0.102. The second-order valence-electron chi connectivity index (χ2n) is 6.04. The smallest absolute Gasteiger partial charge is 0.257 e. The van der Waals surface area contributed by atoms with Crippen LogP contribution >= 0.6 is 11.3 Å². The maximum Gasteiger partial charge on any atom is 0.257 e. The lowest BCUT2D eigenvalue weighted by atomic mass is 10.0. The molecule has 0 radical (unpaired) electrons. The van der Waals surface area contributed by atoms with E-state index in [1.165, 1.54) is 17.7 Å². The number of thiazole rings is 1. The average molecular weight is 345 g/mol. The van der Waals surface area contributed by atoms with Crippen LogP contribution in [-0.4, -0.2) is 35.2 Å². The van der Waals surface area contributed by atoms with Crippen molar-refractivity contribution in [3.05, 3.63) is 34.5 Å². The third-order valence-corrected chi connectivity index (χ3v) is 5.31. The molecule has 0 unspecified atom stereocenters. The predicted octanol–water partition coefficient (Wildman–Crippen LogP) is 2.84. The quantitative estimate of drug-likeness (QED) is 0.922. The molecule has 4 rings (SSSR count). The Morgan fingerprint density at radius 2 is 2.29 bits per heavy atom. The molecule has 1 amide bonds. The summed E-state index contributed by atoms with van der Waals surface area (Å²) in [5, 5.41) is 3.57. The van der Waals surface area contributed by atoms with E-state index in [0.29, 0.717) is 29.8 Å². The number of ether oxygens (including phenoxy) is 2. The lowest BCUT2D eigenvalue weighted by Crippen LogP contribution is -2.17. The van der Waals surface area contributed by atoms with Crippen molar-refractivity contribution >= 4 is 22.4 Å². The van der Waals surface area contributed by atoms with E-state index in [1.54, 1.807) is 29.7 Å². The first-order valence-corrected chi connectivity index (χ1v) is 9.10. The van der Waals surface area contributed by atoms with Crippen molar-refractivity contribution in [2.24, 2.45) is 0 Å². The molecular weight excluding hydrogens is 326 g/mol. The summed E-state index contributed by atoms with van der Waals surface area (Å²) in [4.78, 5) is 22.5. The van der Waals surface area contributed by atoms with E-state index in [2.05, 4.69) is 15.3 Å². The highest BCUT2D eigenvalue weighted by Crippen LogP contribution is 2.29. The molecule has 2 aromatic rings. The number of carbonyl (C=O) groups is 1. The first kappa shape index (κ1) is 15.5. The van der Waals surface area contributed by atoms with Crippen LogP contribution in [-0.2, 0) is 17.6 Å². The van der Waals surface area contributed by atoms with E-state index in [1.807, 2.05) is 0 Å². The second kappa shape index (κ2) is 6.86. The SMILES string of the molecule is O=C(Nc1nc2c(s1)CCCC2)c1ccnc(O[C@@H]2CCOC2)c1. The molecule has 2 aliphatic rings. The van der Waals surface area contributed by atoms with Gasteiger partial charge in [0.2, 0.25) is 5.88 Å². The Bertz CT molecular complexity index is 717. The molecule has 1 fully saturated rings. The van der Waals surface area contributed by atoms with Crippen LogP contribution in [0.3, 0.4) is 0 Å². The first-order valence-electron chi connectivity index (χ1n) is 8.28. The molecule has 2 aromatic heterocycles. The van der Waals surface area contributed by atoms with Crippen molar-refractivity contribution in [2.75, 3.05) is 18.5 Å². The van der Waals surface area contributed by atoms with Gasteiger partial charge in [0.25, 0.3) is 5.91 Å². The predicted molar refractivity (Wildman–Crippen MR) is 90.8 cm³/mol. The summed E-state index contributed by atoms with van der Waals surface area (Å²) in [6.45, 7) is 1.28. The minimum Gasteiger partial charge on any atom is -0.472 e. The van der Waals surface area contributed by atoms with Gasteiger partial charge in [-0.15, -0.1) is 11.3 Å². The molecule has 1 aliphatic heterocycles. The summed E-state index contributed by atoms with van der Waals surface area (Å²) in [6, 6.07) is 3.35. The van der Waals surface area contributed by atoms with Crippen LogP contribution in [0.1, 0.15) is 40.2 Å². The maximum atomic E-state index is 12.5. The van der Waals surface area contributed by atoms with Gasteiger partial charge in [-0.1, -0.05) is 0 Å². The van der Waals surface area contributed by atoms with Crippen molar-refractivity contribution in [1.82, 2.24) is 9.97 Å². The van der Waals surface area contributed by atoms with Gasteiger partial charge in [-0.2, -0.15) is 0 Å². The fourth-order valence-corrected chi connectivity index (χ4v) is 4.01. The van der Waals surface area contributed by atoms with Gasteiger partial charge >= 0.3 is 0 Å². The van der Waals surface area contributed by atoms with Gasteiger partial charge < -0.3 is 9.47 Å². The lowest BCUT2D eigenvalue weighted by Gasteiger charge is -2.11. The molecule has 1 aliphatic carbocycles. The molecule has 0 aromatic carbocycles. The minimum atomic E-state index is -0.184. The highest BCUT2D eigenvalue weighted by molar-refractivity contribution is 7.15. The Balaban J connectivity index is 1.44. The number of pyridine rings is 1. The molecule has 24 heavy (non-hydrogen) atoms. The van der Waals surface area contributed by atoms with Crippen LogP contribution in [0.2, 0.25) is 0 Å². The summed E-state index contributed by atoms with van der Waals surface area (Å²) in [7, 11) is 0. The van der Waals surface area contributed by atoms with Gasteiger partial charge in [0, 0.05) is 29.1 Å². The number of hydrogen-bond acceptors (Lipinski definition) is 6. The molecular formula is C17H19N3O3S. The molecule has 6 nitrogen and oxygen atoms in total. The zero-order valence-electron chi connectivity index (χ0n) is 13.3. The number of rotatable bonds is 4. The fraction of sp³-hybridized carbons (Fsp3) is 0.471. The number of carbonyl (C=O) groups excluding carboxylic acids is 1. The van der Waals surface area contributed by atoms with Crippen LogP contribution in [0.25, 0.3) is 0 Å². The van der Waals surface area contributed by atoms with E-state index in [0.717, 1.165) is 25.0 Å². The normalized spacial score (nSPS) is 19.8. The number of hydrogen-bond donors (Lipinski definition) is 1. The minimum absolute atomic E-state index is 0.0153. The Labute approximate surface area is 144 Å². The standard InChI is InChI=1S/C17H19N3O3S/c21-16(20-17-19-13-3-1-2-4-14(13)24-17)11-5-7-18-15(9-11)23-12-6-8-22-10-12/h5,7,9,12H,1-4,6,8,10H2,(H,19,20,21)/t12-/m1/s1. The molecule has 3 heterocycles. The summed E-state index contributed by atoms with van der Waals surface area (Å²) >= 11 is 1.58. The van der Waals surface area contributed by atoms with E-state index < -0.39 is 0 Å². The van der Waals surface area contributed by atoms with Gasteiger partial charge in [-0.25, -0.2) is 9.97 Å². The fourth-order valence-electron chi connectivity index (χ4n) is 2.97. The van der Waals surface area contributed by atoms with Gasteiger partial charge in [-0.3, -0.25) is 10.1 Å². The molecule has 1 saturated heterocycles. The van der Waals surface area contributed by atoms with Gasteiger partial charge in [0.15, 0.2) is 5.13 Å². The number of aryl methyl sites for hydroxylation is 2. The second-order valence-corrected chi connectivity index (χ2v) is 7.12. The van der Waals surface area contributed by atoms with Crippen LogP contribution in [0.15, 0.2) is 18.3 Å².